The highest BCUT2D eigenvalue weighted by molar-refractivity contribution is 7.09. The Kier molecular flexibility index (Phi) is 4.06. The quantitative estimate of drug-likeness (QED) is 0.340. The molecule has 0 aromatic heterocycles. The van der Waals surface area contributed by atoms with Crippen LogP contribution in [-0.2, 0) is 9.26 Å². The second-order valence-corrected chi connectivity index (χ2v) is 3.18. The third kappa shape index (κ3) is 2.17. The number of ether oxygens (including phenoxy) is 1. The van der Waals surface area contributed by atoms with Gasteiger partial charge >= 0.3 is 0 Å². The van der Waals surface area contributed by atoms with E-state index in [9.17, 15) is 5.11 Å². The van der Waals surface area contributed by atoms with Crippen LogP contribution in [0.15, 0.2) is 0 Å². The first-order valence-electron chi connectivity index (χ1n) is 4.18. The molecule has 0 bridgehead atoms. The fourth-order valence-corrected chi connectivity index (χ4v) is 1.79. The standard InChI is InChI=1S/C7H15N2O3P/c1-2-4-6(12-13)5(10)7(11-4)9-3-8/h3-7,10H,2,13H2,1H3,(H2,8,9). The van der Waals surface area contributed by atoms with E-state index in [0.29, 0.717) is 0 Å². The molecule has 3 N–H and O–H groups in total. The van der Waals surface area contributed by atoms with E-state index in [0.717, 1.165) is 12.8 Å². The molecule has 0 saturated carbocycles. The zero-order chi connectivity index (χ0) is 9.84. The molecule has 6 heteroatoms. The molecule has 5 atom stereocenters. The molecular formula is C7H15N2O3P. The highest BCUT2D eigenvalue weighted by Gasteiger charge is 2.42. The van der Waals surface area contributed by atoms with Crippen LogP contribution in [0.3, 0.4) is 0 Å². The van der Waals surface area contributed by atoms with Crippen LogP contribution in [-0.4, -0.2) is 36.0 Å². The minimum atomic E-state index is -0.732. The van der Waals surface area contributed by atoms with Crippen molar-refractivity contribution in [2.24, 2.45) is 0 Å². The van der Waals surface area contributed by atoms with Crippen LogP contribution in [0.5, 0.6) is 0 Å². The second kappa shape index (κ2) is 4.86. The van der Waals surface area contributed by atoms with E-state index in [2.05, 4.69) is 14.8 Å². The van der Waals surface area contributed by atoms with Crippen LogP contribution >= 0.6 is 9.47 Å². The molecule has 1 heterocycles. The first-order chi connectivity index (χ1) is 6.24. The molecule has 0 aromatic rings. The Bertz CT molecular complexity index is 181. The van der Waals surface area contributed by atoms with Gasteiger partial charge in [-0.05, 0) is 6.42 Å². The minimum Gasteiger partial charge on any atom is -0.386 e. The van der Waals surface area contributed by atoms with E-state index >= 15 is 0 Å². The highest BCUT2D eigenvalue weighted by Crippen LogP contribution is 2.25. The van der Waals surface area contributed by atoms with Crippen molar-refractivity contribution in [3.63, 3.8) is 0 Å². The van der Waals surface area contributed by atoms with Crippen molar-refractivity contribution in [1.29, 1.82) is 5.41 Å². The Morgan fingerprint density at radius 1 is 1.77 bits per heavy atom. The summed E-state index contributed by atoms with van der Waals surface area (Å²) in [5, 5.41) is 19.1. The molecule has 1 fully saturated rings. The molecule has 13 heavy (non-hydrogen) atoms. The Morgan fingerprint density at radius 3 is 2.85 bits per heavy atom. The normalized spacial score (nSPS) is 39.0. The van der Waals surface area contributed by atoms with Gasteiger partial charge in [-0.25, -0.2) is 0 Å². The predicted octanol–water partition coefficient (Wildman–Crippen LogP) is -0.146. The minimum absolute atomic E-state index is 0.120. The molecule has 1 aliphatic rings. The molecule has 0 aliphatic carbocycles. The molecule has 0 aromatic carbocycles. The van der Waals surface area contributed by atoms with Gasteiger partial charge in [-0.2, -0.15) is 0 Å². The topological polar surface area (TPSA) is 74.6 Å². The summed E-state index contributed by atoms with van der Waals surface area (Å²) in [7, 11) is 2.13. The van der Waals surface area contributed by atoms with Crippen molar-refractivity contribution in [2.75, 3.05) is 0 Å². The van der Waals surface area contributed by atoms with Crippen molar-refractivity contribution in [2.45, 2.75) is 37.9 Å². The smallest absolute Gasteiger partial charge is 0.157 e. The monoisotopic (exact) mass is 206 g/mol. The molecule has 0 radical (unpaired) electrons. The number of aliphatic hydroxyl groups excluding tert-OH is 1. The summed E-state index contributed by atoms with van der Waals surface area (Å²) in [4.78, 5) is 0. The number of aliphatic hydroxyl groups is 1. The molecular weight excluding hydrogens is 191 g/mol. The second-order valence-electron chi connectivity index (χ2n) is 2.91. The summed E-state index contributed by atoms with van der Waals surface area (Å²) in [6.07, 6.45) is 0.0485. The highest BCUT2D eigenvalue weighted by atomic mass is 31.0. The predicted molar refractivity (Wildman–Crippen MR) is 51.5 cm³/mol. The molecule has 1 aliphatic heterocycles. The Labute approximate surface area is 79.6 Å². The Morgan fingerprint density at radius 2 is 2.46 bits per heavy atom. The van der Waals surface area contributed by atoms with Gasteiger partial charge in [0.15, 0.2) is 6.23 Å². The summed E-state index contributed by atoms with van der Waals surface area (Å²) >= 11 is 0. The van der Waals surface area contributed by atoms with Gasteiger partial charge in [0.25, 0.3) is 0 Å². The molecule has 1 rings (SSSR count). The summed E-state index contributed by atoms with van der Waals surface area (Å²) in [6.45, 7) is 1.96. The number of hydrogen-bond donors (Lipinski definition) is 3. The number of hydrogen-bond acceptors (Lipinski definition) is 4. The van der Waals surface area contributed by atoms with Crippen LogP contribution in [0.25, 0.3) is 0 Å². The largest absolute Gasteiger partial charge is 0.386 e. The van der Waals surface area contributed by atoms with Gasteiger partial charge in [0.2, 0.25) is 0 Å². The van der Waals surface area contributed by atoms with E-state index in [4.69, 9.17) is 14.7 Å². The first-order valence-corrected chi connectivity index (χ1v) is 4.65. The number of nitrogens with one attached hydrogen (secondary N) is 2. The third-order valence-electron chi connectivity index (χ3n) is 2.14. The van der Waals surface area contributed by atoms with Gasteiger partial charge in [-0.3, -0.25) is 5.41 Å². The summed E-state index contributed by atoms with van der Waals surface area (Å²) in [6, 6.07) is 0. The Balaban J connectivity index is 2.59. The fourth-order valence-electron chi connectivity index (χ4n) is 1.46. The van der Waals surface area contributed by atoms with E-state index < -0.39 is 12.3 Å². The van der Waals surface area contributed by atoms with E-state index in [-0.39, 0.29) is 12.2 Å². The van der Waals surface area contributed by atoms with Gasteiger partial charge in [-0.15, -0.1) is 0 Å². The first kappa shape index (κ1) is 10.9. The van der Waals surface area contributed by atoms with Crippen LogP contribution in [0.4, 0.5) is 0 Å². The average molecular weight is 206 g/mol. The molecule has 0 amide bonds. The van der Waals surface area contributed by atoms with Crippen LogP contribution in [0.2, 0.25) is 0 Å². The molecule has 76 valence electrons. The zero-order valence-corrected chi connectivity index (χ0v) is 8.59. The van der Waals surface area contributed by atoms with Crippen molar-refractivity contribution in [3.8, 4) is 0 Å². The summed E-state index contributed by atoms with van der Waals surface area (Å²) in [5.41, 5.74) is 0. The Hall–Kier alpha value is -0.220. The van der Waals surface area contributed by atoms with Crippen molar-refractivity contribution >= 4 is 15.8 Å². The molecule has 1 saturated heterocycles. The fraction of sp³-hybridized carbons (Fsp3) is 0.857. The maximum Gasteiger partial charge on any atom is 0.157 e. The van der Waals surface area contributed by atoms with Gasteiger partial charge in [0, 0.05) is 9.47 Å². The van der Waals surface area contributed by atoms with Gasteiger partial charge in [-0.1, -0.05) is 6.92 Å². The van der Waals surface area contributed by atoms with Gasteiger partial charge < -0.3 is 19.7 Å². The van der Waals surface area contributed by atoms with Gasteiger partial charge in [0.05, 0.1) is 12.4 Å². The zero-order valence-electron chi connectivity index (χ0n) is 7.43. The van der Waals surface area contributed by atoms with Gasteiger partial charge in [0.1, 0.15) is 12.2 Å². The lowest BCUT2D eigenvalue weighted by Gasteiger charge is -2.16. The van der Waals surface area contributed by atoms with Crippen molar-refractivity contribution in [1.82, 2.24) is 5.32 Å². The number of rotatable bonds is 4. The van der Waals surface area contributed by atoms with Crippen LogP contribution < -0.4 is 5.32 Å². The summed E-state index contributed by atoms with van der Waals surface area (Å²) < 4.78 is 10.4. The van der Waals surface area contributed by atoms with E-state index in [1.54, 1.807) is 0 Å². The van der Waals surface area contributed by atoms with Crippen molar-refractivity contribution in [3.05, 3.63) is 0 Å². The maximum absolute atomic E-state index is 9.65. The average Bonchev–Trinajstić information content (AvgIpc) is 2.44. The van der Waals surface area contributed by atoms with E-state index in [1.165, 1.54) is 0 Å². The summed E-state index contributed by atoms with van der Waals surface area (Å²) in [5.74, 6) is 0. The van der Waals surface area contributed by atoms with Crippen molar-refractivity contribution < 1.29 is 14.4 Å². The SMILES string of the molecule is CCC1OC(NC=N)C(O)C1OP. The van der Waals surface area contributed by atoms with E-state index in [1.807, 2.05) is 6.92 Å². The maximum atomic E-state index is 9.65. The lowest BCUT2D eigenvalue weighted by molar-refractivity contribution is 0.000699. The van der Waals surface area contributed by atoms with Crippen LogP contribution in [0.1, 0.15) is 13.3 Å². The lowest BCUT2D eigenvalue weighted by Crippen LogP contribution is -2.40. The lowest BCUT2D eigenvalue weighted by atomic mass is 10.1. The molecule has 0 spiro atoms. The molecule has 5 nitrogen and oxygen atoms in total. The third-order valence-corrected chi connectivity index (χ3v) is 2.46. The molecule has 5 unspecified atom stereocenters. The van der Waals surface area contributed by atoms with Crippen LogP contribution in [0, 0.1) is 5.41 Å².